The number of aromatic nitrogens is 3. The molecule has 0 bridgehead atoms. The fourth-order valence-corrected chi connectivity index (χ4v) is 2.59. The average Bonchev–Trinajstić information content (AvgIpc) is 2.89. The van der Waals surface area contributed by atoms with Crippen LogP contribution in [0.3, 0.4) is 0 Å². The number of nitrogens with zero attached hydrogens (tertiary/aromatic N) is 3. The quantitative estimate of drug-likeness (QED) is 0.784. The highest BCUT2D eigenvalue weighted by Gasteiger charge is 2.11. The van der Waals surface area contributed by atoms with Crippen LogP contribution < -0.4 is 5.32 Å². The summed E-state index contributed by atoms with van der Waals surface area (Å²) in [5.74, 6) is 0. The third kappa shape index (κ3) is 2.99. The summed E-state index contributed by atoms with van der Waals surface area (Å²) in [4.78, 5) is 0. The van der Waals surface area contributed by atoms with Crippen LogP contribution in [0.15, 0.2) is 46.9 Å². The van der Waals surface area contributed by atoms with Gasteiger partial charge in [-0.25, -0.2) is 4.68 Å². The maximum Gasteiger partial charge on any atom is 0.113 e. The van der Waals surface area contributed by atoms with Gasteiger partial charge < -0.3 is 5.32 Å². The van der Waals surface area contributed by atoms with Gasteiger partial charge in [0.25, 0.3) is 0 Å². The number of rotatable bonds is 4. The fraction of sp³-hybridized carbons (Fsp3) is 0.250. The highest BCUT2D eigenvalue weighted by molar-refractivity contribution is 9.10. The molecule has 3 aromatic rings. The van der Waals surface area contributed by atoms with Crippen LogP contribution in [0.4, 0.5) is 0 Å². The van der Waals surface area contributed by atoms with E-state index in [1.54, 1.807) is 0 Å². The van der Waals surface area contributed by atoms with Gasteiger partial charge in [0.05, 0.1) is 11.2 Å². The van der Waals surface area contributed by atoms with E-state index in [4.69, 9.17) is 0 Å². The molecule has 0 amide bonds. The smallest absolute Gasteiger partial charge is 0.113 e. The average molecular weight is 345 g/mol. The Hall–Kier alpha value is -1.72. The van der Waals surface area contributed by atoms with Crippen LogP contribution in [0, 0.1) is 0 Å². The van der Waals surface area contributed by atoms with E-state index >= 15 is 0 Å². The molecule has 2 aromatic carbocycles. The lowest BCUT2D eigenvalue weighted by Crippen LogP contribution is -2.22. The first kappa shape index (κ1) is 14.2. The third-order valence-corrected chi connectivity index (χ3v) is 3.82. The first-order valence-corrected chi connectivity index (χ1v) is 7.77. The molecule has 5 heteroatoms. The van der Waals surface area contributed by atoms with E-state index in [-0.39, 0.29) is 0 Å². The predicted octanol–water partition coefficient (Wildman–Crippen LogP) is 3.68. The second-order valence-electron chi connectivity index (χ2n) is 5.30. The SMILES string of the molecule is CC(C)NCc1ccc(Br)cc1-n1nnc2ccccc21. The second-order valence-corrected chi connectivity index (χ2v) is 6.21. The van der Waals surface area contributed by atoms with Crippen LogP contribution in [0.5, 0.6) is 0 Å². The van der Waals surface area contributed by atoms with Crippen molar-refractivity contribution in [1.82, 2.24) is 20.3 Å². The summed E-state index contributed by atoms with van der Waals surface area (Å²) >= 11 is 3.54. The molecule has 0 radical (unpaired) electrons. The summed E-state index contributed by atoms with van der Waals surface area (Å²) < 4.78 is 2.93. The van der Waals surface area contributed by atoms with Crippen LogP contribution in [-0.4, -0.2) is 21.0 Å². The van der Waals surface area contributed by atoms with Gasteiger partial charge >= 0.3 is 0 Å². The molecule has 0 aliphatic carbocycles. The van der Waals surface area contributed by atoms with Gasteiger partial charge in [-0.05, 0) is 29.8 Å². The Morgan fingerprint density at radius 1 is 1.19 bits per heavy atom. The monoisotopic (exact) mass is 344 g/mol. The van der Waals surface area contributed by atoms with Gasteiger partial charge in [0.2, 0.25) is 0 Å². The molecule has 0 spiro atoms. The van der Waals surface area contributed by atoms with E-state index in [0.717, 1.165) is 27.7 Å². The number of hydrogen-bond acceptors (Lipinski definition) is 3. The Morgan fingerprint density at radius 3 is 2.81 bits per heavy atom. The molecule has 108 valence electrons. The summed E-state index contributed by atoms with van der Waals surface area (Å²) in [7, 11) is 0. The Labute approximate surface area is 132 Å². The van der Waals surface area contributed by atoms with Crippen molar-refractivity contribution in [2.75, 3.05) is 0 Å². The standard InChI is InChI=1S/C16H17BrN4/c1-11(2)18-10-12-7-8-13(17)9-16(12)21-15-6-4-3-5-14(15)19-20-21/h3-9,11,18H,10H2,1-2H3. The van der Waals surface area contributed by atoms with Crippen LogP contribution >= 0.6 is 15.9 Å². The normalized spacial score (nSPS) is 11.4. The van der Waals surface area contributed by atoms with Crippen molar-refractivity contribution in [2.24, 2.45) is 0 Å². The molecule has 0 unspecified atom stereocenters. The molecule has 1 aromatic heterocycles. The van der Waals surface area contributed by atoms with Crippen molar-refractivity contribution in [3.63, 3.8) is 0 Å². The van der Waals surface area contributed by atoms with Gasteiger partial charge in [-0.1, -0.05) is 53.2 Å². The zero-order valence-electron chi connectivity index (χ0n) is 12.0. The highest BCUT2D eigenvalue weighted by Crippen LogP contribution is 2.23. The third-order valence-electron chi connectivity index (χ3n) is 3.33. The molecule has 0 fully saturated rings. The van der Waals surface area contributed by atoms with Crippen molar-refractivity contribution in [2.45, 2.75) is 26.4 Å². The molecular weight excluding hydrogens is 328 g/mol. The molecule has 0 aliphatic rings. The molecule has 21 heavy (non-hydrogen) atoms. The van der Waals surface area contributed by atoms with Crippen LogP contribution in [0.2, 0.25) is 0 Å². The van der Waals surface area contributed by atoms with Crippen molar-refractivity contribution < 1.29 is 0 Å². The summed E-state index contributed by atoms with van der Waals surface area (Å²) in [6.07, 6.45) is 0. The van der Waals surface area contributed by atoms with Crippen molar-refractivity contribution in [3.8, 4) is 5.69 Å². The summed E-state index contributed by atoms with van der Waals surface area (Å²) in [5.41, 5.74) is 4.16. The molecular formula is C16H17BrN4. The minimum absolute atomic E-state index is 0.439. The van der Waals surface area contributed by atoms with Gasteiger partial charge in [-0.2, -0.15) is 0 Å². The molecule has 1 N–H and O–H groups in total. The maximum absolute atomic E-state index is 4.31. The first-order chi connectivity index (χ1) is 10.1. The number of nitrogens with one attached hydrogen (secondary N) is 1. The molecule has 1 heterocycles. The minimum atomic E-state index is 0.439. The van der Waals surface area contributed by atoms with Gasteiger partial charge in [0.15, 0.2) is 0 Å². The molecule has 0 aliphatic heterocycles. The fourth-order valence-electron chi connectivity index (χ4n) is 2.24. The lowest BCUT2D eigenvalue weighted by Gasteiger charge is -2.13. The molecule has 0 atom stereocenters. The summed E-state index contributed by atoms with van der Waals surface area (Å²) in [5, 5.41) is 12.0. The Morgan fingerprint density at radius 2 is 2.00 bits per heavy atom. The van der Waals surface area contributed by atoms with Crippen LogP contribution in [0.25, 0.3) is 16.7 Å². The van der Waals surface area contributed by atoms with E-state index in [1.807, 2.05) is 28.9 Å². The van der Waals surface area contributed by atoms with E-state index in [2.05, 4.69) is 63.6 Å². The molecule has 0 saturated carbocycles. The number of para-hydroxylation sites is 1. The van der Waals surface area contributed by atoms with E-state index in [9.17, 15) is 0 Å². The lowest BCUT2D eigenvalue weighted by molar-refractivity contribution is 0.586. The Kier molecular flexibility index (Phi) is 4.03. The van der Waals surface area contributed by atoms with Gasteiger partial charge in [0.1, 0.15) is 5.52 Å². The van der Waals surface area contributed by atoms with Crippen LogP contribution in [-0.2, 0) is 6.54 Å². The number of halogens is 1. The summed E-state index contributed by atoms with van der Waals surface area (Å²) in [6, 6.07) is 14.7. The van der Waals surface area contributed by atoms with E-state index < -0.39 is 0 Å². The van der Waals surface area contributed by atoms with Crippen molar-refractivity contribution in [3.05, 3.63) is 52.5 Å². The molecule has 0 saturated heterocycles. The van der Waals surface area contributed by atoms with Gasteiger partial charge in [-0.3, -0.25) is 0 Å². The Balaban J connectivity index is 2.10. The number of fused-ring (bicyclic) bond motifs is 1. The number of benzene rings is 2. The topological polar surface area (TPSA) is 42.7 Å². The minimum Gasteiger partial charge on any atom is -0.310 e. The molecule has 4 nitrogen and oxygen atoms in total. The van der Waals surface area contributed by atoms with Crippen LogP contribution in [0.1, 0.15) is 19.4 Å². The van der Waals surface area contributed by atoms with E-state index in [1.165, 1.54) is 5.56 Å². The Bertz CT molecular complexity index is 764. The van der Waals surface area contributed by atoms with E-state index in [0.29, 0.717) is 6.04 Å². The largest absolute Gasteiger partial charge is 0.310 e. The van der Waals surface area contributed by atoms with Crippen molar-refractivity contribution in [1.29, 1.82) is 0 Å². The first-order valence-electron chi connectivity index (χ1n) is 6.98. The zero-order chi connectivity index (χ0) is 14.8. The highest BCUT2D eigenvalue weighted by atomic mass is 79.9. The van der Waals surface area contributed by atoms with Gasteiger partial charge in [0, 0.05) is 17.1 Å². The van der Waals surface area contributed by atoms with Crippen molar-refractivity contribution >= 4 is 27.0 Å². The van der Waals surface area contributed by atoms with Gasteiger partial charge in [-0.15, -0.1) is 5.10 Å². The lowest BCUT2D eigenvalue weighted by atomic mass is 10.1. The summed E-state index contributed by atoms with van der Waals surface area (Å²) in [6.45, 7) is 5.08. The second kappa shape index (κ2) is 5.95. The number of hydrogen-bond donors (Lipinski definition) is 1. The molecule has 3 rings (SSSR count). The zero-order valence-corrected chi connectivity index (χ0v) is 13.6. The predicted molar refractivity (Wildman–Crippen MR) is 88.5 cm³/mol. The maximum atomic E-state index is 4.31.